The number of nitrogens with zero attached hydrogens (tertiary/aromatic N) is 3. The molecule has 112 valence electrons. The van der Waals surface area contributed by atoms with Gasteiger partial charge in [0.2, 0.25) is 5.28 Å². The van der Waals surface area contributed by atoms with Crippen LogP contribution < -0.4 is 5.32 Å². The number of esters is 1. The van der Waals surface area contributed by atoms with E-state index in [2.05, 4.69) is 15.4 Å². The normalized spacial score (nSPS) is 10.6. The van der Waals surface area contributed by atoms with Crippen molar-refractivity contribution in [2.75, 3.05) is 12.4 Å². The van der Waals surface area contributed by atoms with Crippen molar-refractivity contribution in [3.8, 4) is 0 Å². The first-order chi connectivity index (χ1) is 10.7. The van der Waals surface area contributed by atoms with Crippen LogP contribution in [0, 0.1) is 0 Å². The van der Waals surface area contributed by atoms with Crippen LogP contribution in [0.3, 0.4) is 0 Å². The standard InChI is InChI=1S/C15H13ClN4O2/c1-22-14(21)12-8-7-11-13(18-15(16)19-20(11)12)17-9-10-5-3-2-4-6-10/h2-8H,9H2,1H3,(H,17,18,19). The Kier molecular flexibility index (Phi) is 3.93. The lowest BCUT2D eigenvalue weighted by Crippen LogP contribution is -2.10. The second-order valence-corrected chi connectivity index (χ2v) is 4.91. The third-order valence-electron chi connectivity index (χ3n) is 3.18. The van der Waals surface area contributed by atoms with Gasteiger partial charge in [-0.3, -0.25) is 0 Å². The molecule has 0 amide bonds. The zero-order valence-electron chi connectivity index (χ0n) is 11.8. The summed E-state index contributed by atoms with van der Waals surface area (Å²) in [5, 5.41) is 7.30. The van der Waals surface area contributed by atoms with Gasteiger partial charge in [-0.2, -0.15) is 4.98 Å². The summed E-state index contributed by atoms with van der Waals surface area (Å²) in [6.45, 7) is 0.586. The maximum absolute atomic E-state index is 11.7. The summed E-state index contributed by atoms with van der Waals surface area (Å²) in [7, 11) is 1.32. The van der Waals surface area contributed by atoms with Crippen molar-refractivity contribution >= 4 is 28.9 Å². The number of carbonyl (C=O) groups is 1. The maximum atomic E-state index is 11.7. The van der Waals surface area contributed by atoms with Crippen LogP contribution in [0.2, 0.25) is 5.28 Å². The molecule has 6 nitrogen and oxygen atoms in total. The summed E-state index contributed by atoms with van der Waals surface area (Å²) in [5.74, 6) is 0.0720. The summed E-state index contributed by atoms with van der Waals surface area (Å²) in [6, 6.07) is 13.3. The molecule has 0 unspecified atom stereocenters. The topological polar surface area (TPSA) is 68.5 Å². The van der Waals surface area contributed by atoms with Gasteiger partial charge in [-0.05, 0) is 29.3 Å². The molecule has 0 saturated carbocycles. The van der Waals surface area contributed by atoms with E-state index >= 15 is 0 Å². The second kappa shape index (κ2) is 6.03. The van der Waals surface area contributed by atoms with Crippen LogP contribution in [0.25, 0.3) is 5.52 Å². The largest absolute Gasteiger partial charge is 0.464 e. The lowest BCUT2D eigenvalue weighted by atomic mass is 10.2. The first-order valence-corrected chi connectivity index (χ1v) is 6.98. The number of rotatable bonds is 4. The lowest BCUT2D eigenvalue weighted by Gasteiger charge is -2.08. The van der Waals surface area contributed by atoms with Gasteiger partial charge in [-0.1, -0.05) is 30.3 Å². The number of hydrogen-bond acceptors (Lipinski definition) is 5. The van der Waals surface area contributed by atoms with E-state index in [1.807, 2.05) is 30.3 Å². The number of hydrogen-bond donors (Lipinski definition) is 1. The Hall–Kier alpha value is -2.60. The Balaban J connectivity index is 1.96. The van der Waals surface area contributed by atoms with E-state index in [4.69, 9.17) is 16.3 Å². The Morgan fingerprint density at radius 3 is 2.77 bits per heavy atom. The molecule has 0 aliphatic rings. The number of carbonyl (C=O) groups excluding carboxylic acids is 1. The summed E-state index contributed by atoms with van der Waals surface area (Å²) in [5.41, 5.74) is 2.06. The van der Waals surface area contributed by atoms with Crippen molar-refractivity contribution in [1.29, 1.82) is 0 Å². The van der Waals surface area contributed by atoms with Crippen molar-refractivity contribution < 1.29 is 9.53 Å². The molecule has 3 aromatic rings. The highest BCUT2D eigenvalue weighted by atomic mass is 35.5. The highest BCUT2D eigenvalue weighted by molar-refractivity contribution is 6.28. The Labute approximate surface area is 131 Å². The van der Waals surface area contributed by atoms with Crippen molar-refractivity contribution in [1.82, 2.24) is 14.6 Å². The SMILES string of the molecule is COC(=O)c1ccc2c(NCc3ccccc3)nc(Cl)nn12. The number of ether oxygens (including phenoxy) is 1. The van der Waals surface area contributed by atoms with Crippen molar-refractivity contribution in [2.45, 2.75) is 6.54 Å². The summed E-state index contributed by atoms with van der Waals surface area (Å²) >= 11 is 5.95. The van der Waals surface area contributed by atoms with Crippen LogP contribution in [-0.4, -0.2) is 27.7 Å². The van der Waals surface area contributed by atoms with Gasteiger partial charge >= 0.3 is 5.97 Å². The first-order valence-electron chi connectivity index (χ1n) is 6.60. The fourth-order valence-corrected chi connectivity index (χ4v) is 2.30. The van der Waals surface area contributed by atoms with Crippen LogP contribution in [0.5, 0.6) is 0 Å². The molecule has 22 heavy (non-hydrogen) atoms. The molecule has 0 atom stereocenters. The van der Waals surface area contributed by atoms with Gasteiger partial charge < -0.3 is 10.1 Å². The highest BCUT2D eigenvalue weighted by Gasteiger charge is 2.16. The molecule has 0 fully saturated rings. The van der Waals surface area contributed by atoms with Gasteiger partial charge in [-0.15, -0.1) is 5.10 Å². The summed E-state index contributed by atoms with van der Waals surface area (Å²) in [4.78, 5) is 15.9. The van der Waals surface area contributed by atoms with E-state index in [-0.39, 0.29) is 5.28 Å². The molecule has 0 bridgehead atoms. The van der Waals surface area contributed by atoms with E-state index in [0.717, 1.165) is 5.56 Å². The van der Waals surface area contributed by atoms with Crippen LogP contribution in [0.1, 0.15) is 16.1 Å². The third kappa shape index (κ3) is 2.73. The minimum Gasteiger partial charge on any atom is -0.464 e. The Morgan fingerprint density at radius 2 is 2.05 bits per heavy atom. The molecule has 0 aliphatic heterocycles. The van der Waals surface area contributed by atoms with Crippen LogP contribution >= 0.6 is 11.6 Å². The number of methoxy groups -OCH3 is 1. The van der Waals surface area contributed by atoms with E-state index < -0.39 is 5.97 Å². The highest BCUT2D eigenvalue weighted by Crippen LogP contribution is 2.20. The predicted molar refractivity (Wildman–Crippen MR) is 83.1 cm³/mol. The number of aromatic nitrogens is 3. The molecule has 2 heterocycles. The van der Waals surface area contributed by atoms with Gasteiger partial charge in [0.1, 0.15) is 5.52 Å². The molecule has 0 saturated heterocycles. The Bertz CT molecular complexity index is 817. The maximum Gasteiger partial charge on any atom is 0.356 e. The van der Waals surface area contributed by atoms with E-state index in [0.29, 0.717) is 23.6 Å². The minimum absolute atomic E-state index is 0.0458. The predicted octanol–water partition coefficient (Wildman–Crippen LogP) is 2.78. The molecular formula is C15H13ClN4O2. The van der Waals surface area contributed by atoms with Gasteiger partial charge in [0.15, 0.2) is 11.5 Å². The molecule has 0 spiro atoms. The van der Waals surface area contributed by atoms with Gasteiger partial charge in [0.25, 0.3) is 0 Å². The van der Waals surface area contributed by atoms with Gasteiger partial charge in [0, 0.05) is 6.54 Å². The van der Waals surface area contributed by atoms with Gasteiger partial charge in [0.05, 0.1) is 7.11 Å². The third-order valence-corrected chi connectivity index (χ3v) is 3.34. The number of halogens is 1. The minimum atomic E-state index is -0.483. The fourth-order valence-electron chi connectivity index (χ4n) is 2.14. The first kappa shape index (κ1) is 14.3. The van der Waals surface area contributed by atoms with Crippen LogP contribution in [0.4, 0.5) is 5.82 Å². The monoisotopic (exact) mass is 316 g/mol. The number of nitrogens with one attached hydrogen (secondary N) is 1. The molecule has 0 radical (unpaired) electrons. The molecule has 3 rings (SSSR count). The molecule has 2 aromatic heterocycles. The fraction of sp³-hybridized carbons (Fsp3) is 0.133. The number of anilines is 1. The Morgan fingerprint density at radius 1 is 1.27 bits per heavy atom. The van der Waals surface area contributed by atoms with Crippen molar-refractivity contribution in [2.24, 2.45) is 0 Å². The van der Waals surface area contributed by atoms with Crippen molar-refractivity contribution in [3.63, 3.8) is 0 Å². The van der Waals surface area contributed by atoms with E-state index in [1.165, 1.54) is 11.6 Å². The molecule has 7 heteroatoms. The molecular weight excluding hydrogens is 304 g/mol. The van der Waals surface area contributed by atoms with Crippen LogP contribution in [0.15, 0.2) is 42.5 Å². The second-order valence-electron chi connectivity index (χ2n) is 4.58. The molecule has 1 N–H and O–H groups in total. The van der Waals surface area contributed by atoms with Gasteiger partial charge in [-0.25, -0.2) is 9.31 Å². The number of benzene rings is 1. The summed E-state index contributed by atoms with van der Waals surface area (Å²) < 4.78 is 6.15. The zero-order chi connectivity index (χ0) is 15.5. The quantitative estimate of drug-likeness (QED) is 0.750. The average molecular weight is 317 g/mol. The van der Waals surface area contributed by atoms with Crippen molar-refractivity contribution in [3.05, 3.63) is 59.0 Å². The van der Waals surface area contributed by atoms with E-state index in [9.17, 15) is 4.79 Å². The molecule has 1 aromatic carbocycles. The lowest BCUT2D eigenvalue weighted by molar-refractivity contribution is 0.0591. The van der Waals surface area contributed by atoms with Crippen LogP contribution in [-0.2, 0) is 11.3 Å². The number of fused-ring (bicyclic) bond motifs is 1. The summed E-state index contributed by atoms with van der Waals surface area (Å²) in [6.07, 6.45) is 0. The molecule has 0 aliphatic carbocycles. The smallest absolute Gasteiger partial charge is 0.356 e. The van der Waals surface area contributed by atoms with E-state index in [1.54, 1.807) is 12.1 Å². The average Bonchev–Trinajstić information content (AvgIpc) is 2.96. The zero-order valence-corrected chi connectivity index (χ0v) is 12.5.